The molecule has 1 aromatic carbocycles. The number of nitrogen functional groups attached to an aromatic ring is 1. The molecule has 0 radical (unpaired) electrons. The highest BCUT2D eigenvalue weighted by molar-refractivity contribution is 5.98. The number of nitrogens with one attached hydrogen (secondary N) is 1. The number of piperidine rings is 1. The molecule has 0 unspecified atom stereocenters. The van der Waals surface area contributed by atoms with Crippen LogP contribution in [-0.2, 0) is 10.3 Å². The lowest BCUT2D eigenvalue weighted by Crippen LogP contribution is -2.42. The summed E-state index contributed by atoms with van der Waals surface area (Å²) in [6.45, 7) is 9.60. The third kappa shape index (κ3) is 4.75. The van der Waals surface area contributed by atoms with Crippen LogP contribution in [0.5, 0.6) is 0 Å². The van der Waals surface area contributed by atoms with E-state index in [2.05, 4.69) is 27.1 Å². The van der Waals surface area contributed by atoms with Crippen LogP contribution >= 0.6 is 0 Å². The molecule has 0 bridgehead atoms. The molecule has 4 rings (SSSR count). The molecule has 0 spiro atoms. The van der Waals surface area contributed by atoms with Gasteiger partial charge in [0.15, 0.2) is 5.65 Å². The number of carbonyl (C=O) groups excluding carboxylic acids is 1. The summed E-state index contributed by atoms with van der Waals surface area (Å²) in [6.07, 6.45) is 5.74. The molecule has 32 heavy (non-hydrogen) atoms. The second-order valence-electron chi connectivity index (χ2n) is 9.33. The Labute approximate surface area is 189 Å². The predicted octanol–water partition coefficient (Wildman–Crippen LogP) is 3.11. The van der Waals surface area contributed by atoms with Gasteiger partial charge in [-0.05, 0) is 46.7 Å². The average molecular weight is 436 g/mol. The Kier molecular flexibility index (Phi) is 6.41. The first-order valence-corrected chi connectivity index (χ1v) is 11.4. The lowest BCUT2D eigenvalue weighted by molar-refractivity contribution is -0.121. The van der Waals surface area contributed by atoms with Gasteiger partial charge in [0.05, 0.1) is 10.9 Å². The highest BCUT2D eigenvalue weighted by atomic mass is 16.1. The maximum Gasteiger partial charge on any atom is 0.221 e. The van der Waals surface area contributed by atoms with Crippen molar-refractivity contribution in [2.75, 3.05) is 31.9 Å². The van der Waals surface area contributed by atoms with Gasteiger partial charge in [-0.2, -0.15) is 5.10 Å². The number of nitrogens with two attached hydrogens (primary N) is 1. The SMILES string of the molecule is Cc1ccc(-c2nn(C(C)(C)CNC(=O)CCN3CCCCC3)c3ncnc(N)c23)cc1. The lowest BCUT2D eigenvalue weighted by Gasteiger charge is -2.28. The summed E-state index contributed by atoms with van der Waals surface area (Å²) < 4.78 is 1.86. The van der Waals surface area contributed by atoms with Crippen LogP contribution < -0.4 is 11.1 Å². The molecule has 1 aliphatic heterocycles. The van der Waals surface area contributed by atoms with Crippen molar-refractivity contribution in [2.45, 2.75) is 52.0 Å². The van der Waals surface area contributed by atoms with Crippen molar-refractivity contribution < 1.29 is 4.79 Å². The van der Waals surface area contributed by atoms with Gasteiger partial charge >= 0.3 is 0 Å². The van der Waals surface area contributed by atoms with E-state index >= 15 is 0 Å². The number of benzene rings is 1. The van der Waals surface area contributed by atoms with Crippen LogP contribution in [0.25, 0.3) is 22.3 Å². The first-order valence-electron chi connectivity index (χ1n) is 11.4. The molecule has 1 saturated heterocycles. The fraction of sp³-hybridized carbons (Fsp3) is 0.500. The molecule has 0 saturated carbocycles. The van der Waals surface area contributed by atoms with Gasteiger partial charge in [-0.3, -0.25) is 4.79 Å². The van der Waals surface area contributed by atoms with E-state index < -0.39 is 5.54 Å². The first kappa shape index (κ1) is 22.2. The Hall–Kier alpha value is -3.00. The van der Waals surface area contributed by atoms with Crippen molar-refractivity contribution in [3.63, 3.8) is 0 Å². The molecule has 8 nitrogen and oxygen atoms in total. The summed E-state index contributed by atoms with van der Waals surface area (Å²) in [5, 5.41) is 8.73. The average Bonchev–Trinajstić information content (AvgIpc) is 3.20. The number of aromatic nitrogens is 4. The molecule has 2 aromatic heterocycles. The second kappa shape index (κ2) is 9.24. The number of hydrogen-bond acceptors (Lipinski definition) is 6. The molecule has 0 aliphatic carbocycles. The fourth-order valence-corrected chi connectivity index (χ4v) is 4.23. The topological polar surface area (TPSA) is 102 Å². The third-order valence-corrected chi connectivity index (χ3v) is 6.21. The molecule has 3 heterocycles. The third-order valence-electron chi connectivity index (χ3n) is 6.21. The fourth-order valence-electron chi connectivity index (χ4n) is 4.23. The van der Waals surface area contributed by atoms with Crippen LogP contribution in [0.2, 0.25) is 0 Å². The predicted molar refractivity (Wildman–Crippen MR) is 127 cm³/mol. The van der Waals surface area contributed by atoms with Crippen LogP contribution in [0.15, 0.2) is 30.6 Å². The van der Waals surface area contributed by atoms with Crippen LogP contribution in [-0.4, -0.2) is 56.7 Å². The molecular weight excluding hydrogens is 402 g/mol. The van der Waals surface area contributed by atoms with Crippen molar-refractivity contribution in [1.29, 1.82) is 0 Å². The minimum absolute atomic E-state index is 0.0630. The van der Waals surface area contributed by atoms with Crippen molar-refractivity contribution >= 4 is 22.8 Å². The zero-order valence-corrected chi connectivity index (χ0v) is 19.3. The second-order valence-corrected chi connectivity index (χ2v) is 9.33. The molecule has 3 N–H and O–H groups in total. The van der Waals surface area contributed by atoms with Crippen LogP contribution in [0, 0.1) is 6.92 Å². The highest BCUT2D eigenvalue weighted by Crippen LogP contribution is 2.33. The zero-order valence-electron chi connectivity index (χ0n) is 19.3. The molecule has 1 aliphatic rings. The molecule has 8 heteroatoms. The Balaban J connectivity index is 1.53. The van der Waals surface area contributed by atoms with Crippen molar-refractivity contribution in [1.82, 2.24) is 30.0 Å². The lowest BCUT2D eigenvalue weighted by atomic mass is 10.1. The monoisotopic (exact) mass is 435 g/mol. The van der Waals surface area contributed by atoms with Crippen LogP contribution in [0.3, 0.4) is 0 Å². The van der Waals surface area contributed by atoms with E-state index in [-0.39, 0.29) is 5.91 Å². The largest absolute Gasteiger partial charge is 0.383 e. The molecule has 1 amide bonds. The zero-order chi connectivity index (χ0) is 22.7. The minimum Gasteiger partial charge on any atom is -0.383 e. The number of nitrogens with zero attached hydrogens (tertiary/aromatic N) is 5. The van der Waals surface area contributed by atoms with Gasteiger partial charge in [0.25, 0.3) is 0 Å². The van der Waals surface area contributed by atoms with E-state index in [9.17, 15) is 4.79 Å². The summed E-state index contributed by atoms with van der Waals surface area (Å²) >= 11 is 0. The smallest absolute Gasteiger partial charge is 0.221 e. The van der Waals surface area contributed by atoms with E-state index in [0.717, 1.165) is 36.3 Å². The summed E-state index contributed by atoms with van der Waals surface area (Å²) in [7, 11) is 0. The molecule has 170 valence electrons. The van der Waals surface area contributed by atoms with Crippen LogP contribution in [0.4, 0.5) is 5.82 Å². The maximum absolute atomic E-state index is 12.5. The number of rotatable bonds is 7. The van der Waals surface area contributed by atoms with Gasteiger partial charge in [0, 0.05) is 25.1 Å². The van der Waals surface area contributed by atoms with Crippen molar-refractivity contribution in [3.05, 3.63) is 36.2 Å². The standard InChI is InChI=1S/C24H33N7O/c1-17-7-9-18(10-8-17)21-20-22(25)27-16-28-23(20)31(29-21)24(2,3)15-26-19(32)11-14-30-12-5-4-6-13-30/h7-10,16H,4-6,11-15H2,1-3H3,(H,26,32)(H2,25,27,28). The molecule has 0 atom stereocenters. The van der Waals surface area contributed by atoms with Crippen molar-refractivity contribution in [2.24, 2.45) is 0 Å². The molecule has 1 fully saturated rings. The minimum atomic E-state index is -0.497. The van der Waals surface area contributed by atoms with Crippen LogP contribution in [0.1, 0.15) is 45.1 Å². The Morgan fingerprint density at radius 3 is 2.56 bits per heavy atom. The van der Waals surface area contributed by atoms with Gasteiger partial charge < -0.3 is 16.0 Å². The number of likely N-dealkylation sites (tertiary alicyclic amines) is 1. The van der Waals surface area contributed by atoms with E-state index in [1.807, 2.05) is 42.8 Å². The Morgan fingerprint density at radius 2 is 1.84 bits per heavy atom. The quantitative estimate of drug-likeness (QED) is 0.591. The Bertz CT molecular complexity index is 1080. The maximum atomic E-state index is 12.5. The number of fused-ring (bicyclic) bond motifs is 1. The molecular formula is C24H33N7O. The summed E-state index contributed by atoms with van der Waals surface area (Å²) in [6, 6.07) is 8.16. The first-order chi connectivity index (χ1) is 15.3. The Morgan fingerprint density at radius 1 is 1.12 bits per heavy atom. The van der Waals surface area contributed by atoms with E-state index in [4.69, 9.17) is 10.8 Å². The van der Waals surface area contributed by atoms with Gasteiger partial charge in [0.1, 0.15) is 17.8 Å². The van der Waals surface area contributed by atoms with Gasteiger partial charge in [-0.25, -0.2) is 14.6 Å². The van der Waals surface area contributed by atoms with E-state index in [1.54, 1.807) is 0 Å². The number of anilines is 1. The van der Waals surface area contributed by atoms with Gasteiger partial charge in [-0.15, -0.1) is 0 Å². The summed E-state index contributed by atoms with van der Waals surface area (Å²) in [4.78, 5) is 23.6. The highest BCUT2D eigenvalue weighted by Gasteiger charge is 2.28. The number of aryl methyl sites for hydroxylation is 1. The number of amides is 1. The molecule has 3 aromatic rings. The van der Waals surface area contributed by atoms with E-state index in [1.165, 1.54) is 31.2 Å². The number of hydrogen-bond donors (Lipinski definition) is 2. The van der Waals surface area contributed by atoms with Gasteiger partial charge in [-0.1, -0.05) is 36.2 Å². The summed E-state index contributed by atoms with van der Waals surface area (Å²) in [5.74, 6) is 0.464. The van der Waals surface area contributed by atoms with Gasteiger partial charge in [0.2, 0.25) is 5.91 Å². The summed E-state index contributed by atoms with van der Waals surface area (Å²) in [5.41, 5.74) is 9.29. The normalized spacial score (nSPS) is 15.2. The number of carbonyl (C=O) groups is 1. The van der Waals surface area contributed by atoms with Crippen molar-refractivity contribution in [3.8, 4) is 11.3 Å². The van der Waals surface area contributed by atoms with E-state index in [0.29, 0.717) is 24.4 Å².